The van der Waals surface area contributed by atoms with Crippen LogP contribution in [0.5, 0.6) is 5.75 Å². The molecule has 0 saturated heterocycles. The molecule has 0 aliphatic heterocycles. The molecule has 2 aromatic rings. The third-order valence-corrected chi connectivity index (χ3v) is 6.52. The molecule has 0 heterocycles. The van der Waals surface area contributed by atoms with Crippen molar-refractivity contribution in [2.45, 2.75) is 30.2 Å². The van der Waals surface area contributed by atoms with Crippen LogP contribution >= 0.6 is 11.6 Å². The lowest BCUT2D eigenvalue weighted by atomic mass is 10.2. The van der Waals surface area contributed by atoms with Gasteiger partial charge in [0.05, 0.1) is 11.2 Å². The van der Waals surface area contributed by atoms with Crippen LogP contribution in [0.1, 0.15) is 18.9 Å². The summed E-state index contributed by atoms with van der Waals surface area (Å²) in [4.78, 5) is 0.196. The van der Waals surface area contributed by atoms with Crippen LogP contribution in [0.4, 0.5) is 0 Å². The fourth-order valence-corrected chi connectivity index (χ4v) is 4.57. The molecule has 148 valence electrons. The second-order valence-corrected chi connectivity index (χ2v) is 10.2. The van der Waals surface area contributed by atoms with E-state index >= 15 is 0 Å². The highest BCUT2D eigenvalue weighted by molar-refractivity contribution is 7.89. The van der Waals surface area contributed by atoms with E-state index in [2.05, 4.69) is 0 Å². The van der Waals surface area contributed by atoms with Crippen LogP contribution in [0.2, 0.25) is 0 Å². The fourth-order valence-electron chi connectivity index (χ4n) is 2.37. The van der Waals surface area contributed by atoms with E-state index in [4.69, 9.17) is 15.8 Å². The molecule has 0 aliphatic carbocycles. The molecular weight excluding hydrogens is 410 g/mol. The Morgan fingerprint density at radius 2 is 1.59 bits per heavy atom. The molecule has 1 atom stereocenters. The Morgan fingerprint density at radius 3 is 2.11 bits per heavy atom. The molecule has 0 spiro atoms. The predicted octanol–water partition coefficient (Wildman–Crippen LogP) is 3.23. The Balaban J connectivity index is 2.27. The number of alkyl halides is 1. The van der Waals surface area contributed by atoms with Crippen molar-refractivity contribution in [1.29, 1.82) is 0 Å². The van der Waals surface area contributed by atoms with Gasteiger partial charge in [0.2, 0.25) is 10.0 Å². The summed E-state index contributed by atoms with van der Waals surface area (Å²) in [5, 5.41) is -0.323. The SMILES string of the molecule is CCC(Cl)CN(Cc1ccc(OS(C)(=O)=O)cc1)S(=O)(=O)c1ccccc1. The minimum atomic E-state index is -3.72. The van der Waals surface area contributed by atoms with Crippen molar-refractivity contribution < 1.29 is 21.0 Å². The molecule has 0 bridgehead atoms. The van der Waals surface area contributed by atoms with Crippen LogP contribution in [-0.2, 0) is 26.7 Å². The van der Waals surface area contributed by atoms with Crippen LogP contribution in [0.15, 0.2) is 59.5 Å². The summed E-state index contributed by atoms with van der Waals surface area (Å²) < 4.78 is 54.5. The van der Waals surface area contributed by atoms with Gasteiger partial charge in [-0.25, -0.2) is 8.42 Å². The standard InChI is InChI=1S/C18H22ClNO5S2/c1-3-16(19)14-20(27(23,24)18-7-5-4-6-8-18)13-15-9-11-17(12-10-15)25-26(2,21)22/h4-12,16H,3,13-14H2,1-2H3. The van der Waals surface area contributed by atoms with E-state index < -0.39 is 20.1 Å². The summed E-state index contributed by atoms with van der Waals surface area (Å²) in [5.74, 6) is 0.169. The van der Waals surface area contributed by atoms with Gasteiger partial charge in [-0.1, -0.05) is 37.3 Å². The number of nitrogens with zero attached hydrogens (tertiary/aromatic N) is 1. The molecule has 1 unspecified atom stereocenters. The van der Waals surface area contributed by atoms with Gasteiger partial charge in [0.1, 0.15) is 5.75 Å². The van der Waals surface area contributed by atoms with E-state index in [1.165, 1.54) is 16.4 Å². The van der Waals surface area contributed by atoms with Gasteiger partial charge in [-0.05, 0) is 36.2 Å². The number of benzene rings is 2. The number of hydrogen-bond donors (Lipinski definition) is 0. The number of rotatable bonds is 9. The molecule has 0 radical (unpaired) electrons. The third kappa shape index (κ3) is 6.49. The molecule has 0 saturated carbocycles. The summed E-state index contributed by atoms with van der Waals surface area (Å²) in [6, 6.07) is 14.4. The van der Waals surface area contributed by atoms with Crippen LogP contribution in [-0.4, -0.2) is 39.3 Å². The van der Waals surface area contributed by atoms with Crippen LogP contribution < -0.4 is 4.18 Å². The van der Waals surface area contributed by atoms with E-state index in [9.17, 15) is 16.8 Å². The minimum Gasteiger partial charge on any atom is -0.383 e. The highest BCUT2D eigenvalue weighted by Crippen LogP contribution is 2.22. The second kappa shape index (κ2) is 9.05. The van der Waals surface area contributed by atoms with Crippen LogP contribution in [0, 0.1) is 0 Å². The number of sulfonamides is 1. The maximum Gasteiger partial charge on any atom is 0.306 e. The molecule has 0 amide bonds. The first kappa shape index (κ1) is 21.7. The maximum atomic E-state index is 13.0. The first-order valence-electron chi connectivity index (χ1n) is 8.29. The first-order chi connectivity index (χ1) is 12.6. The molecule has 9 heteroatoms. The lowest BCUT2D eigenvalue weighted by molar-refractivity contribution is 0.400. The third-order valence-electron chi connectivity index (χ3n) is 3.76. The first-order valence-corrected chi connectivity index (χ1v) is 12.0. The Hall–Kier alpha value is -1.61. The van der Waals surface area contributed by atoms with Crippen molar-refractivity contribution in [3.05, 3.63) is 60.2 Å². The zero-order chi connectivity index (χ0) is 20.1. The summed E-state index contributed by atoms with van der Waals surface area (Å²) >= 11 is 6.22. The van der Waals surface area contributed by atoms with Gasteiger partial charge in [-0.15, -0.1) is 11.6 Å². The monoisotopic (exact) mass is 431 g/mol. The summed E-state index contributed by atoms with van der Waals surface area (Å²) in [6.07, 6.45) is 1.59. The molecule has 0 aromatic heterocycles. The van der Waals surface area contributed by atoms with Crippen molar-refractivity contribution in [3.63, 3.8) is 0 Å². The molecule has 0 aliphatic rings. The quantitative estimate of drug-likeness (QED) is 0.449. The number of hydrogen-bond acceptors (Lipinski definition) is 5. The summed E-state index contributed by atoms with van der Waals surface area (Å²) in [7, 11) is -7.34. The maximum absolute atomic E-state index is 13.0. The highest BCUT2D eigenvalue weighted by atomic mass is 35.5. The second-order valence-electron chi connectivity index (χ2n) is 6.05. The Labute approximate surface area is 165 Å². The zero-order valence-electron chi connectivity index (χ0n) is 15.1. The molecule has 2 rings (SSSR count). The van der Waals surface area contributed by atoms with E-state index in [1.54, 1.807) is 42.5 Å². The zero-order valence-corrected chi connectivity index (χ0v) is 17.5. The van der Waals surface area contributed by atoms with Crippen molar-refractivity contribution in [3.8, 4) is 5.75 Å². The Bertz CT molecular complexity index is 945. The van der Waals surface area contributed by atoms with Gasteiger partial charge in [0.15, 0.2) is 0 Å². The highest BCUT2D eigenvalue weighted by Gasteiger charge is 2.26. The van der Waals surface area contributed by atoms with Gasteiger partial charge in [0.25, 0.3) is 0 Å². The van der Waals surface area contributed by atoms with Crippen molar-refractivity contribution in [2.75, 3.05) is 12.8 Å². The summed E-state index contributed by atoms with van der Waals surface area (Å²) in [6.45, 7) is 2.17. The smallest absolute Gasteiger partial charge is 0.306 e. The normalized spacial score (nSPS) is 13.5. The Morgan fingerprint density at radius 1 is 1.00 bits per heavy atom. The lowest BCUT2D eigenvalue weighted by Crippen LogP contribution is -2.35. The number of halogens is 1. The molecule has 2 aromatic carbocycles. The average molecular weight is 432 g/mol. The van der Waals surface area contributed by atoms with E-state index in [1.807, 2.05) is 6.92 Å². The van der Waals surface area contributed by atoms with Crippen molar-refractivity contribution in [2.24, 2.45) is 0 Å². The topological polar surface area (TPSA) is 80.8 Å². The average Bonchev–Trinajstić information content (AvgIpc) is 2.62. The lowest BCUT2D eigenvalue weighted by Gasteiger charge is -2.24. The molecule has 0 N–H and O–H groups in total. The predicted molar refractivity (Wildman–Crippen MR) is 106 cm³/mol. The molecule has 27 heavy (non-hydrogen) atoms. The van der Waals surface area contributed by atoms with E-state index in [0.717, 1.165) is 6.26 Å². The van der Waals surface area contributed by atoms with Gasteiger partial charge in [-0.3, -0.25) is 0 Å². The molecular formula is C18H22ClNO5S2. The Kier molecular flexibility index (Phi) is 7.27. The van der Waals surface area contributed by atoms with Gasteiger partial charge in [0, 0.05) is 18.5 Å². The van der Waals surface area contributed by atoms with Gasteiger partial charge >= 0.3 is 10.1 Å². The fraction of sp³-hybridized carbons (Fsp3) is 0.333. The van der Waals surface area contributed by atoms with Gasteiger partial charge < -0.3 is 4.18 Å². The summed E-state index contributed by atoms with van der Waals surface area (Å²) in [5.41, 5.74) is 0.690. The minimum absolute atomic E-state index is 0.111. The van der Waals surface area contributed by atoms with E-state index in [0.29, 0.717) is 12.0 Å². The van der Waals surface area contributed by atoms with Crippen LogP contribution in [0.3, 0.4) is 0 Å². The largest absolute Gasteiger partial charge is 0.383 e. The van der Waals surface area contributed by atoms with Gasteiger partial charge in [-0.2, -0.15) is 12.7 Å². The molecule has 0 fully saturated rings. The van der Waals surface area contributed by atoms with Crippen molar-refractivity contribution in [1.82, 2.24) is 4.31 Å². The van der Waals surface area contributed by atoms with E-state index in [-0.39, 0.29) is 29.1 Å². The van der Waals surface area contributed by atoms with Crippen molar-refractivity contribution >= 4 is 31.7 Å². The van der Waals surface area contributed by atoms with Crippen LogP contribution in [0.25, 0.3) is 0 Å². The molecule has 6 nitrogen and oxygen atoms in total.